The third-order valence-electron chi connectivity index (χ3n) is 1.88. The first-order valence-corrected chi connectivity index (χ1v) is 5.89. The van der Waals surface area contributed by atoms with E-state index in [2.05, 4.69) is 26.0 Å². The maximum absolute atomic E-state index is 11.9. The second kappa shape index (κ2) is 4.80. The van der Waals surface area contributed by atoms with E-state index in [0.29, 0.717) is 9.33 Å². The molecule has 90 valence electrons. The van der Waals surface area contributed by atoms with Crippen molar-refractivity contribution in [3.63, 3.8) is 0 Å². The van der Waals surface area contributed by atoms with Gasteiger partial charge in [0.15, 0.2) is 4.98 Å². The van der Waals surface area contributed by atoms with E-state index in [1.165, 1.54) is 0 Å². The van der Waals surface area contributed by atoms with Crippen LogP contribution in [0.15, 0.2) is 21.7 Å². The second-order valence-electron chi connectivity index (χ2n) is 4.76. The van der Waals surface area contributed by atoms with Gasteiger partial charge in [-0.3, -0.25) is 0 Å². The highest BCUT2D eigenvalue weighted by Crippen LogP contribution is 2.37. The topological polar surface area (TPSA) is 66.6 Å². The van der Waals surface area contributed by atoms with Gasteiger partial charge >= 0.3 is 11.4 Å². The SMILES string of the molecule is Cc1cc(Br)c([N+]#N)c([N+]([O-])=NC(C)(C)C)c1. The van der Waals surface area contributed by atoms with Gasteiger partial charge in [0.25, 0.3) is 0 Å². The van der Waals surface area contributed by atoms with E-state index in [4.69, 9.17) is 5.39 Å². The van der Waals surface area contributed by atoms with Crippen LogP contribution in [0.1, 0.15) is 26.3 Å². The lowest BCUT2D eigenvalue weighted by molar-refractivity contribution is -0.448. The number of benzene rings is 1. The minimum absolute atomic E-state index is 0.179. The number of rotatable bonds is 1. The Labute approximate surface area is 108 Å². The zero-order chi connectivity index (χ0) is 13.2. The Morgan fingerprint density at radius 3 is 2.47 bits per heavy atom. The van der Waals surface area contributed by atoms with Crippen LogP contribution >= 0.6 is 15.9 Å². The first kappa shape index (κ1) is 13.6. The van der Waals surface area contributed by atoms with Crippen molar-refractivity contribution in [2.24, 2.45) is 5.11 Å². The number of halogens is 1. The lowest BCUT2D eigenvalue weighted by Crippen LogP contribution is -2.13. The van der Waals surface area contributed by atoms with E-state index < -0.39 is 5.54 Å². The third-order valence-corrected chi connectivity index (χ3v) is 2.49. The first-order valence-electron chi connectivity index (χ1n) is 5.10. The van der Waals surface area contributed by atoms with Gasteiger partial charge < -0.3 is 5.21 Å². The number of nitrogens with zero attached hydrogens (tertiary/aromatic N) is 4. The molecule has 0 saturated carbocycles. The molecule has 0 aliphatic carbocycles. The number of hydrogen-bond acceptors (Lipinski definition) is 3. The van der Waals surface area contributed by atoms with Crippen LogP contribution < -0.4 is 0 Å². The molecule has 1 aromatic rings. The van der Waals surface area contributed by atoms with Crippen LogP contribution in [0.5, 0.6) is 0 Å². The lowest BCUT2D eigenvalue weighted by Gasteiger charge is -2.08. The molecule has 5 nitrogen and oxygen atoms in total. The molecule has 0 aromatic heterocycles. The van der Waals surface area contributed by atoms with Gasteiger partial charge in [0.1, 0.15) is 10.0 Å². The zero-order valence-electron chi connectivity index (χ0n) is 10.2. The molecule has 0 atom stereocenters. The quantitative estimate of drug-likeness (QED) is 0.328. The van der Waals surface area contributed by atoms with Gasteiger partial charge in [0, 0.05) is 6.07 Å². The summed E-state index contributed by atoms with van der Waals surface area (Å²) in [5, 5.41) is 24.8. The third kappa shape index (κ3) is 3.49. The van der Waals surface area contributed by atoms with Crippen LogP contribution in [0, 0.1) is 17.5 Å². The summed E-state index contributed by atoms with van der Waals surface area (Å²) in [5.74, 6) is 0. The van der Waals surface area contributed by atoms with E-state index in [0.717, 1.165) is 5.56 Å². The van der Waals surface area contributed by atoms with Gasteiger partial charge in [-0.05, 0) is 65.2 Å². The Morgan fingerprint density at radius 2 is 2.00 bits per heavy atom. The highest BCUT2D eigenvalue weighted by atomic mass is 79.9. The molecule has 17 heavy (non-hydrogen) atoms. The average molecular weight is 298 g/mol. The maximum atomic E-state index is 11.9. The second-order valence-corrected chi connectivity index (χ2v) is 5.61. The van der Waals surface area contributed by atoms with Gasteiger partial charge in [0.2, 0.25) is 5.39 Å². The smallest absolute Gasteiger partial charge is 0.472 e. The van der Waals surface area contributed by atoms with Gasteiger partial charge in [-0.15, -0.1) is 0 Å². The van der Waals surface area contributed by atoms with E-state index in [9.17, 15) is 5.21 Å². The van der Waals surface area contributed by atoms with E-state index in [1.807, 2.05) is 27.7 Å². The summed E-state index contributed by atoms with van der Waals surface area (Å²) in [6, 6.07) is 3.39. The molecule has 0 saturated heterocycles. The standard InChI is InChI=1S/C11H14BrN4O/c1-7-5-8(12)10(14-13)9(6-7)16(17)15-11(2,3)4/h5-6H,1-4H3/q+1. The van der Waals surface area contributed by atoms with Crippen LogP contribution in [-0.2, 0) is 0 Å². The predicted octanol–water partition coefficient (Wildman–Crippen LogP) is 4.63. The highest BCUT2D eigenvalue weighted by molar-refractivity contribution is 9.10. The summed E-state index contributed by atoms with van der Waals surface area (Å²) >= 11 is 3.25. The van der Waals surface area contributed by atoms with Crippen molar-refractivity contribution in [2.45, 2.75) is 33.2 Å². The average Bonchev–Trinajstić information content (AvgIpc) is 2.13. The zero-order valence-corrected chi connectivity index (χ0v) is 11.8. The van der Waals surface area contributed by atoms with Crippen molar-refractivity contribution in [2.75, 3.05) is 0 Å². The van der Waals surface area contributed by atoms with Gasteiger partial charge in [-0.2, -0.15) is 0 Å². The van der Waals surface area contributed by atoms with Crippen LogP contribution in [0.3, 0.4) is 0 Å². The molecule has 0 amide bonds. The largest absolute Gasteiger partial charge is 0.594 e. The molecule has 0 N–H and O–H groups in total. The van der Waals surface area contributed by atoms with E-state index in [-0.39, 0.29) is 11.4 Å². The molecule has 0 unspecified atom stereocenters. The predicted molar refractivity (Wildman–Crippen MR) is 69.1 cm³/mol. The highest BCUT2D eigenvalue weighted by Gasteiger charge is 2.28. The molecule has 6 heteroatoms. The maximum Gasteiger partial charge on any atom is 0.472 e. The molecular weight excluding hydrogens is 284 g/mol. The molecule has 0 aliphatic rings. The number of azo groups is 1. The molecule has 0 fully saturated rings. The van der Waals surface area contributed by atoms with Gasteiger partial charge in [-0.1, -0.05) is 0 Å². The van der Waals surface area contributed by atoms with Crippen molar-refractivity contribution in [3.05, 3.63) is 32.4 Å². The van der Waals surface area contributed by atoms with Gasteiger partial charge in [0.05, 0.1) is 0 Å². The van der Waals surface area contributed by atoms with Crippen molar-refractivity contribution in [1.82, 2.24) is 0 Å². The van der Waals surface area contributed by atoms with Crippen molar-refractivity contribution in [3.8, 4) is 0 Å². The Balaban J connectivity index is 3.42. The number of diazo groups is 1. The Bertz CT molecular complexity index is 511. The molecular formula is C11H14BrN4O+. The number of aryl methyl sites for hydroxylation is 1. The fourth-order valence-corrected chi connectivity index (χ4v) is 1.93. The normalized spacial score (nSPS) is 12.4. The van der Waals surface area contributed by atoms with E-state index in [1.54, 1.807) is 12.1 Å². The molecule has 1 rings (SSSR count). The minimum atomic E-state index is -0.495. The molecule has 0 bridgehead atoms. The first-order chi connectivity index (χ1) is 7.74. The summed E-state index contributed by atoms with van der Waals surface area (Å²) in [7, 11) is 0. The van der Waals surface area contributed by atoms with Gasteiger partial charge in [-0.25, -0.2) is 0 Å². The Hall–Kier alpha value is -1.48. The van der Waals surface area contributed by atoms with Crippen molar-refractivity contribution >= 4 is 27.3 Å². The molecule has 1 aromatic carbocycles. The fourth-order valence-electron chi connectivity index (χ4n) is 1.29. The van der Waals surface area contributed by atoms with Crippen molar-refractivity contribution < 1.29 is 4.86 Å². The summed E-state index contributed by atoms with van der Waals surface area (Å²) < 4.78 is 0.556. The van der Waals surface area contributed by atoms with Crippen LogP contribution in [0.4, 0.5) is 11.4 Å². The summed E-state index contributed by atoms with van der Waals surface area (Å²) in [6.07, 6.45) is 0. The molecule has 0 radical (unpaired) electrons. The van der Waals surface area contributed by atoms with Crippen molar-refractivity contribution in [1.29, 1.82) is 5.39 Å². The summed E-state index contributed by atoms with van der Waals surface area (Å²) in [6.45, 7) is 7.30. The minimum Gasteiger partial charge on any atom is -0.594 e. The Kier molecular flexibility index (Phi) is 3.83. The Morgan fingerprint density at radius 1 is 1.41 bits per heavy atom. The number of hydrogen-bond donors (Lipinski definition) is 0. The fraction of sp³-hybridized carbons (Fsp3) is 0.455. The summed E-state index contributed by atoms with van der Waals surface area (Å²) in [4.78, 5) is 3.61. The van der Waals surface area contributed by atoms with Crippen LogP contribution in [0.2, 0.25) is 0 Å². The molecule has 0 aliphatic heterocycles. The molecule has 0 heterocycles. The molecule has 0 spiro atoms. The van der Waals surface area contributed by atoms with E-state index >= 15 is 0 Å². The monoisotopic (exact) mass is 297 g/mol. The lowest BCUT2D eigenvalue weighted by atomic mass is 10.1. The van der Waals surface area contributed by atoms with Crippen LogP contribution in [0.25, 0.3) is 4.98 Å². The summed E-state index contributed by atoms with van der Waals surface area (Å²) in [5.41, 5.74) is 0.780. The van der Waals surface area contributed by atoms with Crippen LogP contribution in [-0.4, -0.2) is 10.4 Å².